The second kappa shape index (κ2) is 12.0. The van der Waals surface area contributed by atoms with E-state index in [9.17, 15) is 14.4 Å². The van der Waals surface area contributed by atoms with Crippen LogP contribution in [0.4, 0.5) is 11.5 Å². The quantitative estimate of drug-likeness (QED) is 0.373. The van der Waals surface area contributed by atoms with Crippen LogP contribution in [0, 0.1) is 5.92 Å². The number of ether oxygens (including phenoxy) is 2. The van der Waals surface area contributed by atoms with Crippen LogP contribution in [0.25, 0.3) is 11.1 Å². The highest BCUT2D eigenvalue weighted by Gasteiger charge is 2.34. The lowest BCUT2D eigenvalue weighted by Gasteiger charge is -2.34. The van der Waals surface area contributed by atoms with E-state index in [1.807, 2.05) is 4.90 Å². The smallest absolute Gasteiger partial charge is 0.294 e. The first kappa shape index (κ1) is 26.9. The number of nitrogens with zero attached hydrogens (tertiary/aromatic N) is 3. The third-order valence-corrected chi connectivity index (χ3v) is 7.31. The highest BCUT2D eigenvalue weighted by atomic mass is 35.5. The number of rotatable bonds is 9. The van der Waals surface area contributed by atoms with E-state index in [1.165, 1.54) is 6.20 Å². The number of pyridine rings is 2. The normalized spacial score (nSPS) is 19.3. The number of likely N-dealkylation sites (tertiary alicyclic amines) is 1. The lowest BCUT2D eigenvalue weighted by Crippen LogP contribution is -2.40. The Balaban J connectivity index is 1.36. The van der Waals surface area contributed by atoms with Crippen LogP contribution in [0.3, 0.4) is 0 Å². The Morgan fingerprint density at radius 3 is 2.64 bits per heavy atom. The van der Waals surface area contributed by atoms with E-state index in [1.54, 1.807) is 31.4 Å². The number of carbonyl (C=O) groups is 3. The number of methoxy groups -OCH3 is 1. The number of halogens is 1. The standard InChI is InChI=1S/C27H30ClN5O6/c1-37-13-14-38-21-11-9-19-23(31-21)24(25(39-19)27(36)30-20-10-6-17(28)15-29-20)32-26(35)16-4-7-18(8-5-16)33-12-2-3-22(33)34/h6,9-11,15-16,18H,2-5,7-8,12-14H2,1H3,(H,32,35)(H,29,30,36)/t16-,18-. The number of anilines is 2. The molecule has 4 heterocycles. The van der Waals surface area contributed by atoms with Crippen molar-refractivity contribution >= 4 is 51.9 Å². The molecule has 0 atom stereocenters. The van der Waals surface area contributed by atoms with Crippen molar-refractivity contribution in [3.63, 3.8) is 0 Å². The second-order valence-electron chi connectivity index (χ2n) is 9.64. The second-order valence-corrected chi connectivity index (χ2v) is 10.1. The van der Waals surface area contributed by atoms with E-state index in [0.29, 0.717) is 47.9 Å². The van der Waals surface area contributed by atoms with Gasteiger partial charge in [-0.25, -0.2) is 9.97 Å². The zero-order chi connectivity index (χ0) is 27.4. The van der Waals surface area contributed by atoms with Crippen LogP contribution in [-0.2, 0) is 14.3 Å². The Labute approximate surface area is 230 Å². The Morgan fingerprint density at radius 2 is 1.95 bits per heavy atom. The number of carbonyl (C=O) groups excluding carboxylic acids is 3. The zero-order valence-corrected chi connectivity index (χ0v) is 22.3. The first-order chi connectivity index (χ1) is 18.9. The van der Waals surface area contributed by atoms with Gasteiger partial charge in [-0.05, 0) is 50.3 Å². The number of hydrogen-bond acceptors (Lipinski definition) is 8. The van der Waals surface area contributed by atoms with Crippen LogP contribution in [0.15, 0.2) is 34.9 Å². The molecule has 3 aromatic heterocycles. The van der Waals surface area contributed by atoms with Crippen LogP contribution in [0.2, 0.25) is 5.02 Å². The SMILES string of the molecule is COCCOc1ccc2oc(C(=O)Nc3ccc(Cl)cn3)c(NC(=O)[C@H]3CC[C@H](N4CCCC4=O)CC3)c2n1. The molecule has 3 amide bonds. The molecule has 2 fully saturated rings. The van der Waals surface area contributed by atoms with E-state index in [0.717, 1.165) is 25.8 Å². The van der Waals surface area contributed by atoms with Gasteiger partial charge in [0.25, 0.3) is 5.91 Å². The fourth-order valence-corrected chi connectivity index (χ4v) is 5.21. The van der Waals surface area contributed by atoms with Gasteiger partial charge in [0.05, 0.1) is 11.6 Å². The number of furan rings is 1. The molecule has 11 nitrogen and oxygen atoms in total. The molecule has 0 spiro atoms. The van der Waals surface area contributed by atoms with Gasteiger partial charge in [-0.15, -0.1) is 0 Å². The first-order valence-electron chi connectivity index (χ1n) is 13.0. The van der Waals surface area contributed by atoms with Crippen LogP contribution in [0.1, 0.15) is 49.1 Å². The Bertz CT molecular complexity index is 1350. The Morgan fingerprint density at radius 1 is 1.13 bits per heavy atom. The zero-order valence-electron chi connectivity index (χ0n) is 21.6. The molecule has 5 rings (SSSR count). The van der Waals surface area contributed by atoms with Gasteiger partial charge in [0.15, 0.2) is 5.58 Å². The summed E-state index contributed by atoms with van der Waals surface area (Å²) in [6.07, 6.45) is 5.73. The summed E-state index contributed by atoms with van der Waals surface area (Å²) in [4.78, 5) is 49.3. The van der Waals surface area contributed by atoms with Gasteiger partial charge in [0.2, 0.25) is 23.5 Å². The Kier molecular flexibility index (Phi) is 8.27. The summed E-state index contributed by atoms with van der Waals surface area (Å²) in [5.41, 5.74) is 0.772. The minimum Gasteiger partial charge on any atom is -0.475 e. The summed E-state index contributed by atoms with van der Waals surface area (Å²) >= 11 is 5.90. The monoisotopic (exact) mass is 555 g/mol. The highest BCUT2D eigenvalue weighted by molar-refractivity contribution is 6.30. The summed E-state index contributed by atoms with van der Waals surface area (Å²) in [5, 5.41) is 6.01. The number of nitrogens with one attached hydrogen (secondary N) is 2. The Hall–Kier alpha value is -3.70. The molecule has 2 N–H and O–H groups in total. The van der Waals surface area contributed by atoms with Crippen molar-refractivity contribution in [2.45, 2.75) is 44.6 Å². The lowest BCUT2D eigenvalue weighted by atomic mass is 9.84. The molecule has 0 radical (unpaired) electrons. The average Bonchev–Trinajstić information content (AvgIpc) is 3.53. The molecule has 3 aromatic rings. The van der Waals surface area contributed by atoms with Gasteiger partial charge < -0.3 is 29.4 Å². The molecule has 1 aliphatic heterocycles. The molecular formula is C27H30ClN5O6. The minimum atomic E-state index is -0.601. The van der Waals surface area contributed by atoms with E-state index >= 15 is 0 Å². The lowest BCUT2D eigenvalue weighted by molar-refractivity contribution is -0.130. The van der Waals surface area contributed by atoms with Gasteiger partial charge in [-0.3, -0.25) is 14.4 Å². The van der Waals surface area contributed by atoms with E-state index in [-0.39, 0.29) is 47.6 Å². The van der Waals surface area contributed by atoms with Crippen molar-refractivity contribution in [3.05, 3.63) is 41.2 Å². The van der Waals surface area contributed by atoms with Crippen molar-refractivity contribution < 1.29 is 28.3 Å². The van der Waals surface area contributed by atoms with Crippen molar-refractivity contribution in [2.24, 2.45) is 5.92 Å². The van der Waals surface area contributed by atoms with Crippen molar-refractivity contribution in [1.29, 1.82) is 0 Å². The van der Waals surface area contributed by atoms with Gasteiger partial charge >= 0.3 is 0 Å². The van der Waals surface area contributed by atoms with E-state index in [4.69, 9.17) is 25.5 Å². The highest BCUT2D eigenvalue weighted by Crippen LogP contribution is 2.35. The number of fused-ring (bicyclic) bond motifs is 1. The molecule has 12 heteroatoms. The van der Waals surface area contributed by atoms with Crippen LogP contribution in [-0.4, -0.2) is 65.5 Å². The minimum absolute atomic E-state index is 0.104. The van der Waals surface area contributed by atoms with E-state index < -0.39 is 5.91 Å². The number of hydrogen-bond donors (Lipinski definition) is 2. The predicted molar refractivity (Wildman–Crippen MR) is 144 cm³/mol. The molecule has 206 valence electrons. The van der Waals surface area contributed by atoms with Crippen molar-refractivity contribution in [1.82, 2.24) is 14.9 Å². The maximum atomic E-state index is 13.4. The fourth-order valence-electron chi connectivity index (χ4n) is 5.10. The summed E-state index contributed by atoms with van der Waals surface area (Å²) in [6.45, 7) is 1.46. The maximum absolute atomic E-state index is 13.4. The van der Waals surface area contributed by atoms with Gasteiger partial charge in [-0.2, -0.15) is 0 Å². The molecular weight excluding hydrogens is 526 g/mol. The van der Waals surface area contributed by atoms with E-state index in [2.05, 4.69) is 20.6 Å². The predicted octanol–water partition coefficient (Wildman–Crippen LogP) is 4.27. The van der Waals surface area contributed by atoms with Crippen molar-refractivity contribution in [2.75, 3.05) is 37.5 Å². The molecule has 0 aromatic carbocycles. The molecule has 0 unspecified atom stereocenters. The summed E-state index contributed by atoms with van der Waals surface area (Å²) in [5.74, 6) is -0.419. The fraction of sp³-hybridized carbons (Fsp3) is 0.444. The van der Waals surface area contributed by atoms with Gasteiger partial charge in [0, 0.05) is 44.3 Å². The topological polar surface area (TPSA) is 136 Å². The van der Waals surface area contributed by atoms with Crippen LogP contribution < -0.4 is 15.4 Å². The van der Waals surface area contributed by atoms with Crippen LogP contribution >= 0.6 is 11.6 Å². The third kappa shape index (κ3) is 6.15. The summed E-state index contributed by atoms with van der Waals surface area (Å²) < 4.78 is 16.5. The first-order valence-corrected chi connectivity index (χ1v) is 13.4. The largest absolute Gasteiger partial charge is 0.475 e. The van der Waals surface area contributed by atoms with Crippen molar-refractivity contribution in [3.8, 4) is 5.88 Å². The summed E-state index contributed by atoms with van der Waals surface area (Å²) in [6, 6.07) is 6.60. The number of amides is 3. The van der Waals surface area contributed by atoms with Crippen LogP contribution in [0.5, 0.6) is 5.88 Å². The maximum Gasteiger partial charge on any atom is 0.294 e. The summed E-state index contributed by atoms with van der Waals surface area (Å²) in [7, 11) is 1.57. The number of aromatic nitrogens is 2. The molecule has 1 aliphatic carbocycles. The third-order valence-electron chi connectivity index (χ3n) is 7.09. The molecule has 1 saturated heterocycles. The van der Waals surface area contributed by atoms with Gasteiger partial charge in [0.1, 0.15) is 23.6 Å². The van der Waals surface area contributed by atoms with Gasteiger partial charge in [-0.1, -0.05) is 11.6 Å². The molecule has 1 saturated carbocycles. The molecule has 39 heavy (non-hydrogen) atoms. The average molecular weight is 556 g/mol. The molecule has 2 aliphatic rings. The molecule has 0 bridgehead atoms.